The average molecular weight is 479 g/mol. The lowest BCUT2D eigenvalue weighted by atomic mass is 10.2. The van der Waals surface area contributed by atoms with Gasteiger partial charge in [-0.05, 0) is 25.2 Å². The number of aliphatic imine (C=N–C) groups is 1. The number of nitrogens with one attached hydrogen (secondary N) is 2. The molecule has 7 nitrogen and oxygen atoms in total. The number of hydrogen-bond donors (Lipinski definition) is 2. The molecular formula is C18H34IN5O2. The SMILES string of the molecule is CN=C(NCCCOCC1CCCO1)NCc1nccn1CC(C)C.I. The number of halogens is 1. The lowest BCUT2D eigenvalue weighted by Crippen LogP contribution is -2.38. The number of imidazole rings is 1. The van der Waals surface area contributed by atoms with E-state index in [1.807, 2.05) is 12.4 Å². The molecule has 2 rings (SSSR count). The molecule has 0 bridgehead atoms. The van der Waals surface area contributed by atoms with Gasteiger partial charge in [0.15, 0.2) is 5.96 Å². The van der Waals surface area contributed by atoms with Crippen molar-refractivity contribution in [3.05, 3.63) is 18.2 Å². The number of nitrogens with zero attached hydrogens (tertiary/aromatic N) is 3. The maximum atomic E-state index is 5.67. The molecule has 0 amide bonds. The van der Waals surface area contributed by atoms with Gasteiger partial charge in [-0.15, -0.1) is 24.0 Å². The Bertz CT molecular complexity index is 515. The van der Waals surface area contributed by atoms with E-state index in [1.165, 1.54) is 0 Å². The first-order valence-corrected chi connectivity index (χ1v) is 9.33. The molecule has 150 valence electrons. The van der Waals surface area contributed by atoms with Gasteiger partial charge in [-0.1, -0.05) is 13.8 Å². The molecule has 26 heavy (non-hydrogen) atoms. The van der Waals surface area contributed by atoms with Gasteiger partial charge in [-0.2, -0.15) is 0 Å². The van der Waals surface area contributed by atoms with Crippen LogP contribution in [0.1, 0.15) is 38.9 Å². The molecule has 8 heteroatoms. The fourth-order valence-corrected chi connectivity index (χ4v) is 2.82. The third-order valence-electron chi connectivity index (χ3n) is 4.09. The minimum absolute atomic E-state index is 0. The molecule has 1 atom stereocenters. The van der Waals surface area contributed by atoms with Crippen LogP contribution in [-0.4, -0.2) is 55.0 Å². The Morgan fingerprint density at radius 3 is 3.00 bits per heavy atom. The van der Waals surface area contributed by atoms with Crippen LogP contribution in [0.5, 0.6) is 0 Å². The third-order valence-corrected chi connectivity index (χ3v) is 4.09. The summed E-state index contributed by atoms with van der Waals surface area (Å²) in [6, 6.07) is 0. The molecule has 1 saturated heterocycles. The number of ether oxygens (including phenoxy) is 2. The highest BCUT2D eigenvalue weighted by Gasteiger charge is 2.14. The Hall–Kier alpha value is -0.870. The smallest absolute Gasteiger partial charge is 0.191 e. The van der Waals surface area contributed by atoms with Crippen molar-refractivity contribution in [2.24, 2.45) is 10.9 Å². The third kappa shape index (κ3) is 8.68. The Balaban J connectivity index is 0.00000338. The highest BCUT2D eigenvalue weighted by molar-refractivity contribution is 14.0. The highest BCUT2D eigenvalue weighted by Crippen LogP contribution is 2.11. The molecule has 1 fully saturated rings. The molecule has 1 aromatic heterocycles. The lowest BCUT2D eigenvalue weighted by Gasteiger charge is -2.14. The molecule has 0 aliphatic carbocycles. The monoisotopic (exact) mass is 479 g/mol. The number of aromatic nitrogens is 2. The van der Waals surface area contributed by atoms with Gasteiger partial charge in [-0.25, -0.2) is 4.98 Å². The zero-order valence-electron chi connectivity index (χ0n) is 16.2. The second-order valence-corrected chi connectivity index (χ2v) is 6.81. The fourth-order valence-electron chi connectivity index (χ4n) is 2.82. The summed E-state index contributed by atoms with van der Waals surface area (Å²) in [5, 5.41) is 6.63. The van der Waals surface area contributed by atoms with Crippen molar-refractivity contribution in [1.82, 2.24) is 20.2 Å². The summed E-state index contributed by atoms with van der Waals surface area (Å²) >= 11 is 0. The molecule has 0 spiro atoms. The molecule has 0 saturated carbocycles. The topological polar surface area (TPSA) is 72.7 Å². The first kappa shape index (κ1) is 23.2. The van der Waals surface area contributed by atoms with Crippen LogP contribution in [0.2, 0.25) is 0 Å². The van der Waals surface area contributed by atoms with Crippen LogP contribution in [-0.2, 0) is 22.6 Å². The summed E-state index contributed by atoms with van der Waals surface area (Å²) in [5.74, 6) is 2.41. The molecule has 1 aliphatic heterocycles. The van der Waals surface area contributed by atoms with E-state index in [1.54, 1.807) is 7.05 Å². The Labute approximate surface area is 174 Å². The number of rotatable bonds is 10. The van der Waals surface area contributed by atoms with Crippen LogP contribution in [0.15, 0.2) is 17.4 Å². The predicted octanol–water partition coefficient (Wildman–Crippen LogP) is 2.41. The van der Waals surface area contributed by atoms with Gasteiger partial charge >= 0.3 is 0 Å². The second kappa shape index (κ2) is 13.3. The van der Waals surface area contributed by atoms with Gasteiger partial charge in [-0.3, -0.25) is 4.99 Å². The van der Waals surface area contributed by atoms with E-state index in [9.17, 15) is 0 Å². The second-order valence-electron chi connectivity index (χ2n) is 6.81. The molecule has 0 radical (unpaired) electrons. The van der Waals surface area contributed by atoms with Gasteiger partial charge in [0.25, 0.3) is 0 Å². The van der Waals surface area contributed by atoms with Gasteiger partial charge in [0.05, 0.1) is 19.3 Å². The maximum Gasteiger partial charge on any atom is 0.191 e. The summed E-state index contributed by atoms with van der Waals surface area (Å²) < 4.78 is 13.4. The largest absolute Gasteiger partial charge is 0.379 e. The normalized spacial score (nSPS) is 17.4. The molecule has 1 unspecified atom stereocenters. The highest BCUT2D eigenvalue weighted by atomic mass is 127. The van der Waals surface area contributed by atoms with Gasteiger partial charge in [0.2, 0.25) is 0 Å². The van der Waals surface area contributed by atoms with E-state index >= 15 is 0 Å². The van der Waals surface area contributed by atoms with Crippen LogP contribution >= 0.6 is 24.0 Å². The molecule has 2 N–H and O–H groups in total. The van der Waals surface area contributed by atoms with Crippen molar-refractivity contribution < 1.29 is 9.47 Å². The van der Waals surface area contributed by atoms with Crippen LogP contribution in [0, 0.1) is 5.92 Å². The van der Waals surface area contributed by atoms with Crippen molar-refractivity contribution in [3.63, 3.8) is 0 Å². The Morgan fingerprint density at radius 2 is 2.31 bits per heavy atom. The van der Waals surface area contributed by atoms with Crippen molar-refractivity contribution in [3.8, 4) is 0 Å². The van der Waals surface area contributed by atoms with Crippen LogP contribution in [0.4, 0.5) is 0 Å². The van der Waals surface area contributed by atoms with Crippen LogP contribution in [0.3, 0.4) is 0 Å². The van der Waals surface area contributed by atoms with Crippen molar-refractivity contribution in [2.75, 3.05) is 33.4 Å². The zero-order chi connectivity index (χ0) is 17.9. The Morgan fingerprint density at radius 1 is 1.46 bits per heavy atom. The number of guanidine groups is 1. The quantitative estimate of drug-likeness (QED) is 0.234. The molecule has 2 heterocycles. The summed E-state index contributed by atoms with van der Waals surface area (Å²) in [4.78, 5) is 8.68. The van der Waals surface area contributed by atoms with Crippen molar-refractivity contribution in [2.45, 2.75) is 52.3 Å². The fraction of sp³-hybridized carbons (Fsp3) is 0.778. The van der Waals surface area contributed by atoms with Crippen molar-refractivity contribution >= 4 is 29.9 Å². The minimum Gasteiger partial charge on any atom is -0.379 e. The van der Waals surface area contributed by atoms with E-state index < -0.39 is 0 Å². The number of hydrogen-bond acceptors (Lipinski definition) is 4. The Kier molecular flexibility index (Phi) is 11.9. The summed E-state index contributed by atoms with van der Waals surface area (Å²) in [7, 11) is 1.78. The van der Waals surface area contributed by atoms with E-state index in [-0.39, 0.29) is 24.0 Å². The average Bonchev–Trinajstić information content (AvgIpc) is 3.25. The van der Waals surface area contributed by atoms with Gasteiger partial charge in [0, 0.05) is 45.7 Å². The maximum absolute atomic E-state index is 5.67. The summed E-state index contributed by atoms with van der Waals surface area (Å²) in [6.07, 6.45) is 7.40. The lowest BCUT2D eigenvalue weighted by molar-refractivity contribution is 0.0168. The van der Waals surface area contributed by atoms with Crippen LogP contribution in [0.25, 0.3) is 0 Å². The summed E-state index contributed by atoms with van der Waals surface area (Å²) in [5.41, 5.74) is 0. The molecular weight excluding hydrogens is 445 g/mol. The van der Waals surface area contributed by atoms with Gasteiger partial charge < -0.3 is 24.7 Å². The van der Waals surface area contributed by atoms with Gasteiger partial charge in [0.1, 0.15) is 5.82 Å². The summed E-state index contributed by atoms with van der Waals surface area (Å²) in [6.45, 7) is 9.21. The molecule has 1 aromatic rings. The van der Waals surface area contributed by atoms with E-state index in [4.69, 9.17) is 9.47 Å². The first-order valence-electron chi connectivity index (χ1n) is 9.33. The molecule has 1 aliphatic rings. The minimum atomic E-state index is 0. The van der Waals surface area contributed by atoms with Crippen LogP contribution < -0.4 is 10.6 Å². The first-order chi connectivity index (χ1) is 12.2. The zero-order valence-corrected chi connectivity index (χ0v) is 18.6. The predicted molar refractivity (Wildman–Crippen MR) is 115 cm³/mol. The molecule has 0 aromatic carbocycles. The van der Waals surface area contributed by atoms with E-state index in [0.717, 1.165) is 57.3 Å². The standard InChI is InChI=1S/C18H33N5O2.HI/c1-15(2)13-23-9-8-20-17(23)12-22-18(19-3)21-7-5-10-24-14-16-6-4-11-25-16;/h8-9,15-16H,4-7,10-14H2,1-3H3,(H2,19,21,22);1H. The van der Waals surface area contributed by atoms with E-state index in [2.05, 4.69) is 39.0 Å². The van der Waals surface area contributed by atoms with E-state index in [0.29, 0.717) is 25.2 Å². The van der Waals surface area contributed by atoms with Crippen molar-refractivity contribution in [1.29, 1.82) is 0 Å².